The van der Waals surface area contributed by atoms with E-state index in [0.29, 0.717) is 5.56 Å². The largest absolute Gasteiger partial charge is 0.390 e. The Labute approximate surface area is 140 Å². The first-order chi connectivity index (χ1) is 11.9. The van der Waals surface area contributed by atoms with Crippen molar-refractivity contribution >= 4 is 0 Å². The normalized spacial score (nSPS) is 23.1. The van der Waals surface area contributed by atoms with Gasteiger partial charge in [-0.3, -0.25) is 14.3 Å². The van der Waals surface area contributed by atoms with Crippen LogP contribution < -0.4 is 11.2 Å². The minimum Gasteiger partial charge on any atom is -0.390 e. The molecule has 0 radical (unpaired) electrons. The van der Waals surface area contributed by atoms with Gasteiger partial charge in [-0.05, 0) is 17.7 Å². The van der Waals surface area contributed by atoms with E-state index in [1.54, 1.807) is 12.1 Å². The number of aromatic amines is 1. The molecule has 2 heterocycles. The van der Waals surface area contributed by atoms with Crippen LogP contribution >= 0.6 is 0 Å². The molecule has 1 fully saturated rings. The summed E-state index contributed by atoms with van der Waals surface area (Å²) >= 11 is 0. The molecular weight excluding hydrogens is 338 g/mol. The molecule has 0 aliphatic carbocycles. The topological polar surface area (TPSA) is 93.6 Å². The first kappa shape index (κ1) is 17.5. The maximum Gasteiger partial charge on any atom is 0.330 e. The third kappa shape index (κ3) is 4.01. The number of halogens is 2. The Hall–Kier alpha value is -2.36. The molecule has 0 bridgehead atoms. The lowest BCUT2D eigenvalue weighted by Crippen LogP contribution is -2.34. The molecule has 0 saturated carbocycles. The molecule has 9 heteroatoms. The van der Waals surface area contributed by atoms with Crippen molar-refractivity contribution in [3.05, 3.63) is 68.5 Å². The van der Waals surface area contributed by atoms with Crippen molar-refractivity contribution in [2.75, 3.05) is 6.61 Å². The molecule has 0 amide bonds. The molecule has 3 atom stereocenters. The molecular formula is C16H16F2N2O5. The van der Waals surface area contributed by atoms with Crippen LogP contribution in [-0.4, -0.2) is 33.5 Å². The standard InChI is InChI=1S/C16H16F2N2O5/c17-10-3-1-2-9(4-10)7-24-8-13-12(21)5-14(25-13)20-6-11(18)15(22)19-16(20)23/h1-4,6,12-14,21H,5,7-8H2,(H,19,22,23)/t12-,13+,14+/m0/s1. The number of hydrogen-bond acceptors (Lipinski definition) is 5. The number of aliphatic hydroxyl groups is 1. The van der Waals surface area contributed by atoms with E-state index in [1.807, 2.05) is 4.98 Å². The lowest BCUT2D eigenvalue weighted by molar-refractivity contribution is -0.0669. The second-order valence-corrected chi connectivity index (χ2v) is 5.72. The zero-order chi connectivity index (χ0) is 18.0. The van der Waals surface area contributed by atoms with Crippen molar-refractivity contribution in [3.63, 3.8) is 0 Å². The van der Waals surface area contributed by atoms with E-state index in [4.69, 9.17) is 9.47 Å². The van der Waals surface area contributed by atoms with Gasteiger partial charge in [-0.2, -0.15) is 4.39 Å². The SMILES string of the molecule is O=c1[nH]c(=O)n([C@H]2C[C@H](O)[C@@H](COCc3cccc(F)c3)O2)cc1F. The van der Waals surface area contributed by atoms with Crippen molar-refractivity contribution in [2.24, 2.45) is 0 Å². The summed E-state index contributed by atoms with van der Waals surface area (Å²) in [6, 6.07) is 5.90. The van der Waals surface area contributed by atoms with Crippen molar-refractivity contribution in [3.8, 4) is 0 Å². The van der Waals surface area contributed by atoms with E-state index >= 15 is 0 Å². The number of nitrogens with one attached hydrogen (secondary N) is 1. The molecule has 1 saturated heterocycles. The second kappa shape index (κ2) is 7.26. The maximum atomic E-state index is 13.4. The molecule has 25 heavy (non-hydrogen) atoms. The molecule has 1 aliphatic rings. The van der Waals surface area contributed by atoms with E-state index in [2.05, 4.69) is 0 Å². The number of aliphatic hydroxyl groups excluding tert-OH is 1. The lowest BCUT2D eigenvalue weighted by atomic mass is 10.2. The molecule has 3 rings (SSSR count). The molecule has 1 aromatic carbocycles. The summed E-state index contributed by atoms with van der Waals surface area (Å²) in [5, 5.41) is 10.0. The molecule has 0 spiro atoms. The summed E-state index contributed by atoms with van der Waals surface area (Å²) in [7, 11) is 0. The van der Waals surface area contributed by atoms with Gasteiger partial charge in [0.05, 0.1) is 25.5 Å². The van der Waals surface area contributed by atoms with Gasteiger partial charge in [0.2, 0.25) is 5.82 Å². The summed E-state index contributed by atoms with van der Waals surface area (Å²) in [4.78, 5) is 24.6. The molecule has 1 aromatic heterocycles. The monoisotopic (exact) mass is 354 g/mol. The fourth-order valence-corrected chi connectivity index (χ4v) is 2.63. The first-order valence-corrected chi connectivity index (χ1v) is 7.60. The lowest BCUT2D eigenvalue weighted by Gasteiger charge is -2.16. The van der Waals surface area contributed by atoms with Crippen LogP contribution in [0.15, 0.2) is 40.1 Å². The molecule has 1 aliphatic heterocycles. The smallest absolute Gasteiger partial charge is 0.330 e. The van der Waals surface area contributed by atoms with Crippen molar-refractivity contribution in [1.29, 1.82) is 0 Å². The Morgan fingerprint density at radius 1 is 1.36 bits per heavy atom. The Morgan fingerprint density at radius 2 is 2.16 bits per heavy atom. The molecule has 2 aromatic rings. The number of H-pyrrole nitrogens is 1. The van der Waals surface area contributed by atoms with Gasteiger partial charge in [0.25, 0.3) is 5.56 Å². The quantitative estimate of drug-likeness (QED) is 0.824. The van der Waals surface area contributed by atoms with E-state index in [9.17, 15) is 23.5 Å². The third-order valence-corrected chi connectivity index (χ3v) is 3.88. The highest BCUT2D eigenvalue weighted by Gasteiger charge is 2.35. The number of ether oxygens (including phenoxy) is 2. The van der Waals surface area contributed by atoms with Crippen LogP contribution in [0.5, 0.6) is 0 Å². The highest BCUT2D eigenvalue weighted by atomic mass is 19.1. The second-order valence-electron chi connectivity index (χ2n) is 5.72. The van der Waals surface area contributed by atoms with Gasteiger partial charge in [0, 0.05) is 6.42 Å². The van der Waals surface area contributed by atoms with Gasteiger partial charge in [0.1, 0.15) is 18.1 Å². The fourth-order valence-electron chi connectivity index (χ4n) is 2.63. The Kier molecular flexibility index (Phi) is 5.07. The van der Waals surface area contributed by atoms with E-state index in [-0.39, 0.29) is 25.5 Å². The van der Waals surface area contributed by atoms with Gasteiger partial charge in [-0.25, -0.2) is 9.18 Å². The third-order valence-electron chi connectivity index (χ3n) is 3.88. The van der Waals surface area contributed by atoms with Gasteiger partial charge in [-0.1, -0.05) is 12.1 Å². The molecule has 2 N–H and O–H groups in total. The van der Waals surface area contributed by atoms with Gasteiger partial charge in [0.15, 0.2) is 0 Å². The average Bonchev–Trinajstić information content (AvgIpc) is 2.92. The maximum absolute atomic E-state index is 13.4. The average molecular weight is 354 g/mol. The summed E-state index contributed by atoms with van der Waals surface area (Å²) in [6.07, 6.45) is -1.80. The minimum absolute atomic E-state index is 0.00870. The number of benzene rings is 1. The molecule has 7 nitrogen and oxygen atoms in total. The van der Waals surface area contributed by atoms with Crippen LogP contribution in [0.2, 0.25) is 0 Å². The van der Waals surface area contributed by atoms with Crippen LogP contribution in [0.4, 0.5) is 8.78 Å². The summed E-state index contributed by atoms with van der Waals surface area (Å²) in [5.74, 6) is -1.50. The summed E-state index contributed by atoms with van der Waals surface area (Å²) in [5.41, 5.74) is -1.32. The first-order valence-electron chi connectivity index (χ1n) is 7.60. The van der Waals surface area contributed by atoms with Crippen LogP contribution in [0.1, 0.15) is 18.2 Å². The van der Waals surface area contributed by atoms with Crippen LogP contribution in [-0.2, 0) is 16.1 Å². The summed E-state index contributed by atoms with van der Waals surface area (Å²) in [6.45, 7) is 0.136. The predicted molar refractivity (Wildman–Crippen MR) is 81.9 cm³/mol. The highest BCUT2D eigenvalue weighted by molar-refractivity contribution is 5.15. The van der Waals surface area contributed by atoms with Crippen molar-refractivity contribution in [2.45, 2.75) is 31.5 Å². The van der Waals surface area contributed by atoms with E-state index in [0.717, 1.165) is 10.8 Å². The fraction of sp³-hybridized carbons (Fsp3) is 0.375. The van der Waals surface area contributed by atoms with Crippen LogP contribution in [0, 0.1) is 11.6 Å². The minimum atomic E-state index is -1.12. The summed E-state index contributed by atoms with van der Waals surface area (Å²) < 4.78 is 38.3. The van der Waals surface area contributed by atoms with Crippen molar-refractivity contribution in [1.82, 2.24) is 9.55 Å². The van der Waals surface area contributed by atoms with Gasteiger partial charge >= 0.3 is 5.69 Å². The Morgan fingerprint density at radius 3 is 2.92 bits per heavy atom. The predicted octanol–water partition coefficient (Wildman–Crippen LogP) is 0.680. The van der Waals surface area contributed by atoms with Crippen LogP contribution in [0.3, 0.4) is 0 Å². The zero-order valence-corrected chi connectivity index (χ0v) is 13.0. The van der Waals surface area contributed by atoms with E-state index in [1.165, 1.54) is 12.1 Å². The zero-order valence-electron chi connectivity index (χ0n) is 13.0. The number of hydrogen-bond donors (Lipinski definition) is 2. The van der Waals surface area contributed by atoms with E-state index < -0.39 is 35.5 Å². The van der Waals surface area contributed by atoms with Crippen molar-refractivity contribution < 1.29 is 23.4 Å². The Balaban J connectivity index is 1.61. The van der Waals surface area contributed by atoms with Crippen LogP contribution in [0.25, 0.3) is 0 Å². The number of nitrogens with zero attached hydrogens (tertiary/aromatic N) is 1. The number of rotatable bonds is 5. The molecule has 134 valence electrons. The molecule has 0 unspecified atom stereocenters. The Bertz CT molecular complexity index is 866. The number of aromatic nitrogens is 2. The highest BCUT2D eigenvalue weighted by Crippen LogP contribution is 2.27. The van der Waals surface area contributed by atoms with Gasteiger partial charge in [-0.15, -0.1) is 0 Å². The van der Waals surface area contributed by atoms with Gasteiger partial charge < -0.3 is 14.6 Å².